The van der Waals surface area contributed by atoms with Crippen LogP contribution in [0, 0.1) is 0 Å². The Morgan fingerprint density at radius 3 is 2.52 bits per heavy atom. The smallest absolute Gasteiger partial charge is 0.279 e. The number of thioether (sulfide) groups is 1. The maximum absolute atomic E-state index is 12.2. The molecule has 21 heavy (non-hydrogen) atoms. The molecule has 2 amide bonds. The van der Waals surface area contributed by atoms with Crippen molar-refractivity contribution in [3.8, 4) is 0 Å². The molecule has 0 radical (unpaired) electrons. The van der Waals surface area contributed by atoms with Crippen LogP contribution in [0.25, 0.3) is 0 Å². The largest absolute Gasteiger partial charge is 0.334 e. The van der Waals surface area contributed by atoms with Crippen molar-refractivity contribution < 1.29 is 9.59 Å². The molecule has 1 aliphatic heterocycles. The van der Waals surface area contributed by atoms with Crippen LogP contribution < -0.4 is 10.6 Å². The van der Waals surface area contributed by atoms with Crippen molar-refractivity contribution >= 4 is 28.6 Å². The van der Waals surface area contributed by atoms with Gasteiger partial charge in [-0.25, -0.2) is 0 Å². The molecule has 0 bridgehead atoms. The molecular formula is C16H22N2O2S. The van der Waals surface area contributed by atoms with Crippen LogP contribution in [0.4, 0.5) is 10.5 Å². The predicted octanol–water partition coefficient (Wildman–Crippen LogP) is 3.70. The lowest BCUT2D eigenvalue weighted by Crippen LogP contribution is -2.38. The minimum atomic E-state index is -0.438. The SMILES string of the molecule is CC(C)c1ccc(NC(=O)[C@H]2CSC(=O)N2)c(C(C)C)c1. The van der Waals surface area contributed by atoms with Gasteiger partial charge in [0.15, 0.2) is 0 Å². The summed E-state index contributed by atoms with van der Waals surface area (Å²) in [5.74, 6) is 1.13. The highest BCUT2D eigenvalue weighted by molar-refractivity contribution is 8.14. The Kier molecular flexibility index (Phi) is 4.93. The van der Waals surface area contributed by atoms with Gasteiger partial charge in [0.25, 0.3) is 5.24 Å². The number of rotatable bonds is 4. The number of amides is 2. The summed E-state index contributed by atoms with van der Waals surface area (Å²) >= 11 is 1.15. The van der Waals surface area contributed by atoms with E-state index in [4.69, 9.17) is 0 Å². The van der Waals surface area contributed by atoms with E-state index in [1.807, 2.05) is 12.1 Å². The zero-order valence-corrected chi connectivity index (χ0v) is 13.7. The summed E-state index contributed by atoms with van der Waals surface area (Å²) in [4.78, 5) is 23.4. The zero-order chi connectivity index (χ0) is 15.6. The minimum absolute atomic E-state index is 0.130. The average Bonchev–Trinajstić information content (AvgIpc) is 2.85. The summed E-state index contributed by atoms with van der Waals surface area (Å²) < 4.78 is 0. The van der Waals surface area contributed by atoms with E-state index >= 15 is 0 Å². The molecular weight excluding hydrogens is 284 g/mol. The third-order valence-electron chi connectivity index (χ3n) is 3.61. The van der Waals surface area contributed by atoms with Crippen molar-refractivity contribution in [2.75, 3.05) is 11.1 Å². The lowest BCUT2D eigenvalue weighted by molar-refractivity contribution is -0.117. The number of carbonyl (C=O) groups is 2. The molecule has 0 saturated carbocycles. The first-order valence-electron chi connectivity index (χ1n) is 7.26. The molecule has 2 rings (SSSR count). The Morgan fingerprint density at radius 2 is 2.00 bits per heavy atom. The van der Waals surface area contributed by atoms with Gasteiger partial charge in [-0.05, 0) is 29.0 Å². The highest BCUT2D eigenvalue weighted by Crippen LogP contribution is 2.28. The van der Waals surface area contributed by atoms with E-state index in [9.17, 15) is 9.59 Å². The monoisotopic (exact) mass is 306 g/mol. The molecule has 2 N–H and O–H groups in total. The normalized spacial score (nSPS) is 18.2. The number of hydrogen-bond donors (Lipinski definition) is 2. The third kappa shape index (κ3) is 3.79. The standard InChI is InChI=1S/C16H22N2O2S/c1-9(2)11-5-6-13(12(7-11)10(3)4)17-15(19)14-8-21-16(20)18-14/h5-7,9-10,14H,8H2,1-4H3,(H,17,19)(H,18,20)/t14-/m1/s1. The van der Waals surface area contributed by atoms with Gasteiger partial charge in [-0.3, -0.25) is 9.59 Å². The van der Waals surface area contributed by atoms with Crippen LogP contribution in [-0.2, 0) is 4.79 Å². The molecule has 0 spiro atoms. The Balaban J connectivity index is 2.19. The number of carbonyl (C=O) groups excluding carboxylic acids is 2. The lowest BCUT2D eigenvalue weighted by atomic mass is 9.94. The highest BCUT2D eigenvalue weighted by Gasteiger charge is 2.28. The Labute approximate surface area is 130 Å². The van der Waals surface area contributed by atoms with E-state index < -0.39 is 6.04 Å². The Bertz CT molecular complexity index is 555. The lowest BCUT2D eigenvalue weighted by Gasteiger charge is -2.18. The zero-order valence-electron chi connectivity index (χ0n) is 12.9. The van der Waals surface area contributed by atoms with Crippen LogP contribution in [0.1, 0.15) is 50.7 Å². The van der Waals surface area contributed by atoms with Gasteiger partial charge in [0.2, 0.25) is 5.91 Å². The molecule has 114 valence electrons. The van der Waals surface area contributed by atoms with Gasteiger partial charge < -0.3 is 10.6 Å². The number of anilines is 1. The van der Waals surface area contributed by atoms with Gasteiger partial charge in [0, 0.05) is 11.4 Å². The van der Waals surface area contributed by atoms with Gasteiger partial charge in [0.05, 0.1) is 0 Å². The van der Waals surface area contributed by atoms with Crippen molar-refractivity contribution in [3.63, 3.8) is 0 Å². The van der Waals surface area contributed by atoms with Crippen LogP contribution in [0.5, 0.6) is 0 Å². The van der Waals surface area contributed by atoms with E-state index in [1.54, 1.807) is 0 Å². The van der Waals surface area contributed by atoms with Crippen molar-refractivity contribution in [2.45, 2.75) is 45.6 Å². The molecule has 1 heterocycles. The van der Waals surface area contributed by atoms with Crippen LogP contribution in [0.2, 0.25) is 0 Å². The second-order valence-electron chi connectivity index (χ2n) is 5.94. The molecule has 1 fully saturated rings. The summed E-state index contributed by atoms with van der Waals surface area (Å²) in [6.07, 6.45) is 0. The van der Waals surface area contributed by atoms with Crippen LogP contribution in [0.15, 0.2) is 18.2 Å². The van der Waals surface area contributed by atoms with E-state index in [1.165, 1.54) is 5.56 Å². The average molecular weight is 306 g/mol. The minimum Gasteiger partial charge on any atom is -0.334 e. The Morgan fingerprint density at radius 1 is 1.29 bits per heavy atom. The fourth-order valence-corrected chi connectivity index (χ4v) is 3.06. The van der Waals surface area contributed by atoms with Gasteiger partial charge >= 0.3 is 0 Å². The number of benzene rings is 1. The van der Waals surface area contributed by atoms with Crippen molar-refractivity contribution in [1.82, 2.24) is 5.32 Å². The molecule has 1 aromatic rings. The fraction of sp³-hybridized carbons (Fsp3) is 0.500. The van der Waals surface area contributed by atoms with E-state index in [0.29, 0.717) is 17.6 Å². The molecule has 1 aromatic carbocycles. The van der Waals surface area contributed by atoms with Gasteiger partial charge in [-0.1, -0.05) is 51.6 Å². The molecule has 0 aliphatic carbocycles. The van der Waals surface area contributed by atoms with Crippen LogP contribution in [-0.4, -0.2) is 22.9 Å². The molecule has 1 atom stereocenters. The van der Waals surface area contributed by atoms with Crippen LogP contribution in [0.3, 0.4) is 0 Å². The first kappa shape index (κ1) is 15.9. The summed E-state index contributed by atoms with van der Waals surface area (Å²) in [5, 5.41) is 5.49. The quantitative estimate of drug-likeness (QED) is 0.892. The second-order valence-corrected chi connectivity index (χ2v) is 6.93. The van der Waals surface area contributed by atoms with Crippen LogP contribution >= 0.6 is 11.8 Å². The van der Waals surface area contributed by atoms with Gasteiger partial charge in [-0.2, -0.15) is 0 Å². The van der Waals surface area contributed by atoms with Crippen molar-refractivity contribution in [2.24, 2.45) is 0 Å². The first-order chi connectivity index (χ1) is 9.88. The fourth-order valence-electron chi connectivity index (χ4n) is 2.28. The third-order valence-corrected chi connectivity index (χ3v) is 4.49. The highest BCUT2D eigenvalue weighted by atomic mass is 32.2. The van der Waals surface area contributed by atoms with Gasteiger partial charge in [0.1, 0.15) is 6.04 Å². The summed E-state index contributed by atoms with van der Waals surface area (Å²) in [6, 6.07) is 5.74. The van der Waals surface area contributed by atoms with Crippen molar-refractivity contribution in [3.05, 3.63) is 29.3 Å². The molecule has 0 aromatic heterocycles. The molecule has 1 aliphatic rings. The molecule has 4 nitrogen and oxygen atoms in total. The summed E-state index contributed by atoms with van der Waals surface area (Å²) in [6.45, 7) is 8.54. The van der Waals surface area contributed by atoms with E-state index in [-0.39, 0.29) is 11.1 Å². The molecule has 5 heteroatoms. The topological polar surface area (TPSA) is 58.2 Å². The predicted molar refractivity (Wildman–Crippen MR) is 88.0 cm³/mol. The number of hydrogen-bond acceptors (Lipinski definition) is 3. The van der Waals surface area contributed by atoms with Crippen molar-refractivity contribution in [1.29, 1.82) is 0 Å². The molecule has 1 saturated heterocycles. The van der Waals surface area contributed by atoms with E-state index in [0.717, 1.165) is 23.0 Å². The maximum atomic E-state index is 12.2. The Hall–Kier alpha value is -1.49. The molecule has 0 unspecified atom stereocenters. The van der Waals surface area contributed by atoms with Gasteiger partial charge in [-0.15, -0.1) is 0 Å². The first-order valence-corrected chi connectivity index (χ1v) is 8.25. The second kappa shape index (κ2) is 6.52. The number of nitrogens with one attached hydrogen (secondary N) is 2. The maximum Gasteiger partial charge on any atom is 0.279 e. The van der Waals surface area contributed by atoms with E-state index in [2.05, 4.69) is 44.4 Å². The summed E-state index contributed by atoms with van der Waals surface area (Å²) in [5.41, 5.74) is 3.23. The summed E-state index contributed by atoms with van der Waals surface area (Å²) in [7, 11) is 0.